The summed E-state index contributed by atoms with van der Waals surface area (Å²) in [6.45, 7) is 6.77. The number of carbonyl (C=O) groups is 1. The second kappa shape index (κ2) is 8.82. The Hall–Kier alpha value is -2.13. The molecule has 0 bridgehead atoms. The number of carbonyl (C=O) groups excluding carboxylic acids is 1. The van der Waals surface area contributed by atoms with Gasteiger partial charge in [-0.05, 0) is 29.5 Å². The number of benzene rings is 2. The smallest absolute Gasteiger partial charge is 0.222 e. The van der Waals surface area contributed by atoms with Crippen LogP contribution in [0, 0.1) is 0 Å². The van der Waals surface area contributed by atoms with Gasteiger partial charge in [0.25, 0.3) is 0 Å². The first-order valence-electron chi connectivity index (χ1n) is 9.36. The third kappa shape index (κ3) is 5.17. The fourth-order valence-electron chi connectivity index (χ4n) is 3.35. The Morgan fingerprint density at radius 3 is 2.12 bits per heavy atom. The Morgan fingerprint density at radius 2 is 1.48 bits per heavy atom. The van der Waals surface area contributed by atoms with Gasteiger partial charge in [0.05, 0.1) is 0 Å². The monoisotopic (exact) mass is 336 g/mol. The average Bonchev–Trinajstić information content (AvgIpc) is 2.68. The standard InChI is InChI=1S/C22H28N2O/c1-2-19-8-10-20(11-9-19)12-13-22(25)24-16-14-23(15-17-24)18-21-6-4-3-5-7-21/h3-11H,2,12-18H2,1H3. The fraction of sp³-hybridized carbons (Fsp3) is 0.409. The number of aryl methyl sites for hydroxylation is 2. The van der Waals surface area contributed by atoms with Gasteiger partial charge in [-0.15, -0.1) is 0 Å². The molecule has 132 valence electrons. The molecular formula is C22H28N2O. The second-order valence-electron chi connectivity index (χ2n) is 6.81. The molecule has 3 heteroatoms. The third-order valence-electron chi connectivity index (χ3n) is 5.03. The molecule has 2 aromatic rings. The third-order valence-corrected chi connectivity index (χ3v) is 5.03. The van der Waals surface area contributed by atoms with Crippen LogP contribution in [0.3, 0.4) is 0 Å². The summed E-state index contributed by atoms with van der Waals surface area (Å²) in [5.41, 5.74) is 3.95. The first kappa shape index (κ1) is 17.7. The molecule has 1 saturated heterocycles. The van der Waals surface area contributed by atoms with Crippen LogP contribution in [0.25, 0.3) is 0 Å². The van der Waals surface area contributed by atoms with Crippen molar-refractivity contribution < 1.29 is 4.79 Å². The van der Waals surface area contributed by atoms with Gasteiger partial charge in [-0.1, -0.05) is 61.5 Å². The number of piperazine rings is 1. The van der Waals surface area contributed by atoms with Crippen molar-refractivity contribution in [1.29, 1.82) is 0 Å². The van der Waals surface area contributed by atoms with E-state index in [0.29, 0.717) is 12.3 Å². The molecule has 3 rings (SSSR count). The molecule has 3 nitrogen and oxygen atoms in total. The second-order valence-corrected chi connectivity index (χ2v) is 6.81. The molecule has 2 aromatic carbocycles. The van der Waals surface area contributed by atoms with Crippen LogP contribution >= 0.6 is 0 Å². The largest absolute Gasteiger partial charge is 0.340 e. The highest BCUT2D eigenvalue weighted by atomic mass is 16.2. The number of amides is 1. The Morgan fingerprint density at radius 1 is 0.840 bits per heavy atom. The highest BCUT2D eigenvalue weighted by molar-refractivity contribution is 5.76. The number of nitrogens with zero attached hydrogens (tertiary/aromatic N) is 2. The van der Waals surface area contributed by atoms with Gasteiger partial charge in [0.2, 0.25) is 5.91 Å². The van der Waals surface area contributed by atoms with Crippen LogP contribution in [0.15, 0.2) is 54.6 Å². The van der Waals surface area contributed by atoms with Crippen LogP contribution in [0.1, 0.15) is 30.0 Å². The number of hydrogen-bond acceptors (Lipinski definition) is 2. The summed E-state index contributed by atoms with van der Waals surface area (Å²) in [6.07, 6.45) is 2.52. The van der Waals surface area contributed by atoms with E-state index in [4.69, 9.17) is 0 Å². The molecular weight excluding hydrogens is 308 g/mol. The zero-order chi connectivity index (χ0) is 17.5. The molecule has 0 spiro atoms. The number of hydrogen-bond donors (Lipinski definition) is 0. The van der Waals surface area contributed by atoms with Crippen molar-refractivity contribution in [2.24, 2.45) is 0 Å². The molecule has 0 radical (unpaired) electrons. The van der Waals surface area contributed by atoms with E-state index >= 15 is 0 Å². The van der Waals surface area contributed by atoms with Gasteiger partial charge in [0, 0.05) is 39.1 Å². The minimum absolute atomic E-state index is 0.291. The van der Waals surface area contributed by atoms with Crippen molar-refractivity contribution in [1.82, 2.24) is 9.80 Å². The predicted molar refractivity (Wildman–Crippen MR) is 102 cm³/mol. The minimum atomic E-state index is 0.291. The topological polar surface area (TPSA) is 23.6 Å². The molecule has 1 aliphatic heterocycles. The summed E-state index contributed by atoms with van der Waals surface area (Å²) < 4.78 is 0. The zero-order valence-electron chi connectivity index (χ0n) is 15.2. The molecule has 1 aliphatic rings. The van der Waals surface area contributed by atoms with Crippen molar-refractivity contribution in [2.75, 3.05) is 26.2 Å². The van der Waals surface area contributed by atoms with E-state index < -0.39 is 0 Å². The van der Waals surface area contributed by atoms with Crippen LogP contribution in [0.4, 0.5) is 0 Å². The maximum absolute atomic E-state index is 12.5. The van der Waals surface area contributed by atoms with Crippen molar-refractivity contribution in [3.63, 3.8) is 0 Å². The molecule has 0 aromatic heterocycles. The molecule has 0 unspecified atom stereocenters. The molecule has 0 saturated carbocycles. The van der Waals surface area contributed by atoms with Gasteiger partial charge in [0.15, 0.2) is 0 Å². The summed E-state index contributed by atoms with van der Waals surface area (Å²) in [7, 11) is 0. The Labute approximate surface area is 151 Å². The maximum atomic E-state index is 12.5. The van der Waals surface area contributed by atoms with Gasteiger partial charge in [-0.3, -0.25) is 9.69 Å². The Kier molecular flexibility index (Phi) is 6.24. The average molecular weight is 336 g/mol. The highest BCUT2D eigenvalue weighted by Crippen LogP contribution is 2.12. The van der Waals surface area contributed by atoms with Gasteiger partial charge in [-0.25, -0.2) is 0 Å². The van der Waals surface area contributed by atoms with Crippen LogP contribution in [0.2, 0.25) is 0 Å². The molecule has 0 N–H and O–H groups in total. The van der Waals surface area contributed by atoms with Gasteiger partial charge >= 0.3 is 0 Å². The first-order valence-corrected chi connectivity index (χ1v) is 9.36. The lowest BCUT2D eigenvalue weighted by molar-refractivity contribution is -0.133. The number of rotatable bonds is 6. The Bertz CT molecular complexity index is 658. The molecule has 0 aliphatic carbocycles. The summed E-state index contributed by atoms with van der Waals surface area (Å²) in [5, 5.41) is 0. The van der Waals surface area contributed by atoms with E-state index in [1.54, 1.807) is 0 Å². The molecule has 1 heterocycles. The lowest BCUT2D eigenvalue weighted by Gasteiger charge is -2.34. The van der Waals surface area contributed by atoms with E-state index in [-0.39, 0.29) is 0 Å². The van der Waals surface area contributed by atoms with Crippen molar-refractivity contribution in [3.8, 4) is 0 Å². The van der Waals surface area contributed by atoms with Crippen molar-refractivity contribution in [3.05, 3.63) is 71.3 Å². The summed E-state index contributed by atoms with van der Waals surface area (Å²) >= 11 is 0. The van der Waals surface area contributed by atoms with Gasteiger partial charge < -0.3 is 4.90 Å². The lowest BCUT2D eigenvalue weighted by Crippen LogP contribution is -2.48. The molecule has 0 atom stereocenters. The molecule has 25 heavy (non-hydrogen) atoms. The Balaban J connectivity index is 1.41. The summed E-state index contributed by atoms with van der Waals surface area (Å²) in [5.74, 6) is 0.291. The van der Waals surface area contributed by atoms with Crippen molar-refractivity contribution >= 4 is 5.91 Å². The fourth-order valence-corrected chi connectivity index (χ4v) is 3.35. The van der Waals surface area contributed by atoms with E-state index in [1.807, 2.05) is 4.90 Å². The minimum Gasteiger partial charge on any atom is -0.340 e. The summed E-state index contributed by atoms with van der Waals surface area (Å²) in [4.78, 5) is 16.9. The normalized spacial score (nSPS) is 15.3. The van der Waals surface area contributed by atoms with E-state index in [0.717, 1.165) is 45.6 Å². The van der Waals surface area contributed by atoms with Crippen LogP contribution < -0.4 is 0 Å². The highest BCUT2D eigenvalue weighted by Gasteiger charge is 2.20. The lowest BCUT2D eigenvalue weighted by atomic mass is 10.1. The maximum Gasteiger partial charge on any atom is 0.222 e. The molecule has 1 amide bonds. The van der Waals surface area contributed by atoms with E-state index in [1.165, 1.54) is 16.7 Å². The van der Waals surface area contributed by atoms with Crippen LogP contribution in [0.5, 0.6) is 0 Å². The summed E-state index contributed by atoms with van der Waals surface area (Å²) in [6, 6.07) is 19.2. The van der Waals surface area contributed by atoms with E-state index in [9.17, 15) is 4.79 Å². The SMILES string of the molecule is CCc1ccc(CCC(=O)N2CCN(Cc3ccccc3)CC2)cc1. The van der Waals surface area contributed by atoms with E-state index in [2.05, 4.69) is 66.4 Å². The quantitative estimate of drug-likeness (QED) is 0.806. The van der Waals surface area contributed by atoms with Crippen molar-refractivity contribution in [2.45, 2.75) is 32.7 Å². The van der Waals surface area contributed by atoms with Crippen LogP contribution in [-0.2, 0) is 24.2 Å². The van der Waals surface area contributed by atoms with Gasteiger partial charge in [0.1, 0.15) is 0 Å². The zero-order valence-corrected chi connectivity index (χ0v) is 15.2. The predicted octanol–water partition coefficient (Wildman–Crippen LogP) is 3.53. The van der Waals surface area contributed by atoms with Crippen LogP contribution in [-0.4, -0.2) is 41.9 Å². The molecule has 1 fully saturated rings. The van der Waals surface area contributed by atoms with Gasteiger partial charge in [-0.2, -0.15) is 0 Å². The first-order chi connectivity index (χ1) is 12.2.